The van der Waals surface area contributed by atoms with Crippen molar-refractivity contribution in [2.24, 2.45) is 0 Å². The predicted molar refractivity (Wildman–Crippen MR) is 152 cm³/mol. The lowest BCUT2D eigenvalue weighted by atomic mass is 10.0. The number of benzene rings is 3. The largest absolute Gasteiger partial charge is 0.373 e. The Balaban J connectivity index is 1.34. The van der Waals surface area contributed by atoms with E-state index < -0.39 is 5.82 Å². The number of nitrogens with zero attached hydrogens (tertiary/aromatic N) is 5. The summed E-state index contributed by atoms with van der Waals surface area (Å²) in [4.78, 5) is 8.83. The van der Waals surface area contributed by atoms with Gasteiger partial charge in [0.2, 0.25) is 0 Å². The zero-order valence-electron chi connectivity index (χ0n) is 20.8. The highest BCUT2D eigenvalue weighted by molar-refractivity contribution is 6.31. The Labute approximate surface area is 234 Å². The first-order valence-corrected chi connectivity index (χ1v) is 13.4. The van der Waals surface area contributed by atoms with Gasteiger partial charge in [0.25, 0.3) is 0 Å². The summed E-state index contributed by atoms with van der Waals surface area (Å²) in [5.74, 6) is 0.0952. The molecule has 198 valence electrons. The Hall–Kier alpha value is -3.79. The number of halogens is 3. The van der Waals surface area contributed by atoms with Gasteiger partial charge < -0.3 is 16.0 Å². The Bertz CT molecular complexity index is 1600. The lowest BCUT2D eigenvalue weighted by Crippen LogP contribution is -2.29. The Morgan fingerprint density at radius 2 is 1.74 bits per heavy atom. The molecule has 1 unspecified atom stereocenters. The van der Waals surface area contributed by atoms with Crippen molar-refractivity contribution in [3.63, 3.8) is 0 Å². The van der Waals surface area contributed by atoms with Gasteiger partial charge in [-0.25, -0.2) is 19.0 Å². The summed E-state index contributed by atoms with van der Waals surface area (Å²) >= 11 is 12.2. The second-order valence-corrected chi connectivity index (χ2v) is 10.3. The summed E-state index contributed by atoms with van der Waals surface area (Å²) in [5.41, 5.74) is 4.02. The molecule has 2 aromatic heterocycles. The van der Waals surface area contributed by atoms with Gasteiger partial charge in [-0.05, 0) is 80.0 Å². The van der Waals surface area contributed by atoms with Gasteiger partial charge in [-0.2, -0.15) is 0 Å². The highest BCUT2D eigenvalue weighted by Crippen LogP contribution is 2.32. The van der Waals surface area contributed by atoms with Gasteiger partial charge in [-0.3, -0.25) is 0 Å². The van der Waals surface area contributed by atoms with Crippen LogP contribution < -0.4 is 16.0 Å². The predicted octanol–water partition coefficient (Wildman–Crippen LogP) is 6.54. The molecule has 3 N–H and O–H groups in total. The molecule has 0 bridgehead atoms. The fourth-order valence-corrected chi connectivity index (χ4v) is 5.09. The van der Waals surface area contributed by atoms with E-state index in [9.17, 15) is 4.39 Å². The van der Waals surface area contributed by atoms with Gasteiger partial charge in [-0.1, -0.05) is 40.5 Å². The van der Waals surface area contributed by atoms with Crippen LogP contribution in [-0.4, -0.2) is 38.1 Å². The molecule has 8 nitrogen and oxygen atoms in total. The summed E-state index contributed by atoms with van der Waals surface area (Å²) < 4.78 is 15.6. The molecule has 1 fully saturated rings. The molecular weight excluding hydrogens is 538 g/mol. The van der Waals surface area contributed by atoms with Gasteiger partial charge >= 0.3 is 0 Å². The molecule has 0 saturated carbocycles. The maximum atomic E-state index is 13.7. The molecule has 0 amide bonds. The van der Waals surface area contributed by atoms with E-state index in [4.69, 9.17) is 23.2 Å². The molecule has 1 aliphatic rings. The van der Waals surface area contributed by atoms with Gasteiger partial charge in [-0.15, -0.1) is 5.10 Å². The number of hydrogen-bond donors (Lipinski definition) is 3. The molecule has 39 heavy (non-hydrogen) atoms. The van der Waals surface area contributed by atoms with Crippen LogP contribution in [-0.2, 0) is 0 Å². The SMILES string of the molecule is Fc1ccc(Nc2ncnc3ccc(NC(c4ccc(Cl)cc4)c4cn(C5CCNCC5)nn4)cc23)cc1Cl. The maximum Gasteiger partial charge on any atom is 0.141 e. The molecule has 11 heteroatoms. The fourth-order valence-electron chi connectivity index (χ4n) is 4.78. The summed E-state index contributed by atoms with van der Waals surface area (Å²) in [6.07, 6.45) is 5.54. The van der Waals surface area contributed by atoms with Crippen LogP contribution in [0.5, 0.6) is 0 Å². The van der Waals surface area contributed by atoms with E-state index in [1.165, 1.54) is 18.5 Å². The molecule has 1 aliphatic heterocycles. The third kappa shape index (κ3) is 5.66. The standard InChI is InChI=1S/C28H25Cl2FN8/c29-18-3-1-17(2-4-18)27(26-15-39(38-37-26)21-9-11-32-12-10-21)35-19-6-8-25-22(13-19)28(34-16-33-25)36-20-5-7-24(31)23(30)14-20/h1-8,13-16,21,27,32,35H,9-12H2,(H,33,34,36). The van der Waals surface area contributed by atoms with Crippen LogP contribution in [0.4, 0.5) is 21.6 Å². The maximum absolute atomic E-state index is 13.7. The smallest absolute Gasteiger partial charge is 0.141 e. The number of aromatic nitrogens is 5. The number of piperidine rings is 1. The van der Waals surface area contributed by atoms with Gasteiger partial charge in [0, 0.05) is 21.8 Å². The third-order valence-electron chi connectivity index (χ3n) is 6.84. The highest BCUT2D eigenvalue weighted by Gasteiger charge is 2.22. The quantitative estimate of drug-likeness (QED) is 0.207. The van der Waals surface area contributed by atoms with Crippen molar-refractivity contribution in [1.29, 1.82) is 0 Å². The zero-order chi connectivity index (χ0) is 26.8. The fraction of sp³-hybridized carbons (Fsp3) is 0.214. The van der Waals surface area contributed by atoms with Gasteiger partial charge in [0.05, 0.1) is 28.8 Å². The minimum absolute atomic E-state index is 0.0315. The highest BCUT2D eigenvalue weighted by atomic mass is 35.5. The minimum Gasteiger partial charge on any atom is -0.373 e. The van der Waals surface area contributed by atoms with E-state index in [0.29, 0.717) is 22.6 Å². The van der Waals surface area contributed by atoms with E-state index in [-0.39, 0.29) is 11.1 Å². The Morgan fingerprint density at radius 3 is 2.54 bits per heavy atom. The second kappa shape index (κ2) is 11.1. The van der Waals surface area contributed by atoms with E-state index in [2.05, 4.69) is 36.2 Å². The van der Waals surface area contributed by atoms with Crippen LogP contribution in [0.15, 0.2) is 73.2 Å². The number of hydrogen-bond acceptors (Lipinski definition) is 7. The molecular formula is C28H25Cl2FN8. The van der Waals surface area contributed by atoms with Crippen molar-refractivity contribution >= 4 is 51.3 Å². The third-order valence-corrected chi connectivity index (χ3v) is 7.38. The van der Waals surface area contributed by atoms with Gasteiger partial charge in [0.15, 0.2) is 0 Å². The van der Waals surface area contributed by atoms with Crippen molar-refractivity contribution in [3.05, 3.63) is 100 Å². The summed E-state index contributed by atoms with van der Waals surface area (Å²) in [5, 5.41) is 20.8. The van der Waals surface area contributed by atoms with Crippen LogP contribution in [0, 0.1) is 5.82 Å². The van der Waals surface area contributed by atoms with E-state index in [0.717, 1.165) is 53.8 Å². The average molecular weight is 563 g/mol. The Morgan fingerprint density at radius 1 is 0.949 bits per heavy atom. The van der Waals surface area contributed by atoms with Crippen LogP contribution >= 0.6 is 23.2 Å². The lowest BCUT2D eigenvalue weighted by Gasteiger charge is -2.22. The second-order valence-electron chi connectivity index (χ2n) is 9.44. The Kier molecular flexibility index (Phi) is 7.28. The normalized spacial score (nSPS) is 14.8. The number of anilines is 3. The van der Waals surface area contributed by atoms with Gasteiger partial charge in [0.1, 0.15) is 23.7 Å². The first-order chi connectivity index (χ1) is 19.0. The first kappa shape index (κ1) is 25.5. The number of rotatable bonds is 7. The summed E-state index contributed by atoms with van der Waals surface area (Å²) in [6, 6.07) is 18.1. The van der Waals surface area contributed by atoms with E-state index in [1.54, 1.807) is 6.07 Å². The van der Waals surface area contributed by atoms with Crippen molar-refractivity contribution in [3.8, 4) is 0 Å². The average Bonchev–Trinajstić information content (AvgIpc) is 3.45. The monoisotopic (exact) mass is 562 g/mol. The first-order valence-electron chi connectivity index (χ1n) is 12.6. The molecule has 1 atom stereocenters. The molecule has 6 rings (SSSR count). The zero-order valence-corrected chi connectivity index (χ0v) is 22.3. The number of fused-ring (bicyclic) bond motifs is 1. The summed E-state index contributed by atoms with van der Waals surface area (Å²) in [7, 11) is 0. The van der Waals surface area contributed by atoms with Crippen LogP contribution in [0.25, 0.3) is 10.9 Å². The van der Waals surface area contributed by atoms with Crippen molar-refractivity contribution in [2.45, 2.75) is 24.9 Å². The summed E-state index contributed by atoms with van der Waals surface area (Å²) in [6.45, 7) is 1.94. The van der Waals surface area contributed by atoms with Crippen LogP contribution in [0.3, 0.4) is 0 Å². The molecule has 5 aromatic rings. The molecule has 1 saturated heterocycles. The molecule has 3 heterocycles. The lowest BCUT2D eigenvalue weighted by molar-refractivity contribution is 0.337. The number of nitrogens with one attached hydrogen (secondary N) is 3. The topological polar surface area (TPSA) is 92.6 Å². The molecule has 0 radical (unpaired) electrons. The van der Waals surface area contributed by atoms with E-state index >= 15 is 0 Å². The molecule has 0 spiro atoms. The molecule has 3 aromatic carbocycles. The minimum atomic E-state index is -0.480. The van der Waals surface area contributed by atoms with Crippen LogP contribution in [0.1, 0.15) is 36.2 Å². The van der Waals surface area contributed by atoms with Crippen molar-refractivity contribution in [2.75, 3.05) is 23.7 Å². The molecule has 0 aliphatic carbocycles. The van der Waals surface area contributed by atoms with Crippen molar-refractivity contribution in [1.82, 2.24) is 30.3 Å². The van der Waals surface area contributed by atoms with E-state index in [1.807, 2.05) is 53.3 Å². The van der Waals surface area contributed by atoms with Crippen molar-refractivity contribution < 1.29 is 4.39 Å². The van der Waals surface area contributed by atoms with Crippen LogP contribution in [0.2, 0.25) is 10.0 Å².